The lowest BCUT2D eigenvalue weighted by molar-refractivity contribution is -0.125. The van der Waals surface area contributed by atoms with Gasteiger partial charge in [0.05, 0.1) is 5.54 Å². The Morgan fingerprint density at radius 2 is 2.13 bits per heavy atom. The van der Waals surface area contributed by atoms with Crippen molar-refractivity contribution < 1.29 is 4.79 Å². The average Bonchev–Trinajstić information content (AvgIpc) is 2.79. The summed E-state index contributed by atoms with van der Waals surface area (Å²) in [6.45, 7) is 3.88. The quantitative estimate of drug-likeness (QED) is 0.773. The van der Waals surface area contributed by atoms with E-state index >= 15 is 0 Å². The molecule has 2 bridgehead atoms. The highest BCUT2D eigenvalue weighted by Crippen LogP contribution is 2.49. The Hall–Kier alpha value is -0.370. The van der Waals surface area contributed by atoms with E-state index in [2.05, 4.69) is 0 Å². The van der Waals surface area contributed by atoms with Crippen molar-refractivity contribution in [1.82, 2.24) is 0 Å². The van der Waals surface area contributed by atoms with E-state index in [1.807, 2.05) is 13.8 Å². The van der Waals surface area contributed by atoms with Crippen LogP contribution in [0.4, 0.5) is 0 Å². The van der Waals surface area contributed by atoms with Gasteiger partial charge in [0.2, 0.25) is 0 Å². The molecule has 0 aromatic rings. The number of rotatable bonds is 4. The number of Topliss-reactive ketones (excluding diaryl/α,β-unsaturated/α-hetero) is 1. The first-order chi connectivity index (χ1) is 7.03. The molecule has 0 saturated heterocycles. The summed E-state index contributed by atoms with van der Waals surface area (Å²) in [5, 5.41) is 0. The van der Waals surface area contributed by atoms with Gasteiger partial charge in [0, 0.05) is 6.42 Å². The van der Waals surface area contributed by atoms with Gasteiger partial charge in [0.1, 0.15) is 0 Å². The van der Waals surface area contributed by atoms with Gasteiger partial charge in [0.15, 0.2) is 5.78 Å². The third-order valence-electron chi connectivity index (χ3n) is 4.70. The lowest BCUT2D eigenvalue weighted by Crippen LogP contribution is -2.45. The Morgan fingerprint density at radius 3 is 2.60 bits per heavy atom. The summed E-state index contributed by atoms with van der Waals surface area (Å²) in [4.78, 5) is 12.0. The van der Waals surface area contributed by atoms with E-state index < -0.39 is 5.54 Å². The number of ketones is 1. The smallest absolute Gasteiger partial charge is 0.152 e. The zero-order valence-corrected chi connectivity index (χ0v) is 9.96. The van der Waals surface area contributed by atoms with Crippen LogP contribution < -0.4 is 5.73 Å². The summed E-state index contributed by atoms with van der Waals surface area (Å²) in [7, 11) is 0. The second-order valence-corrected chi connectivity index (χ2v) is 5.83. The maximum atomic E-state index is 12.0. The first-order valence-corrected chi connectivity index (χ1v) is 6.35. The molecule has 0 radical (unpaired) electrons. The van der Waals surface area contributed by atoms with Gasteiger partial charge in [-0.25, -0.2) is 0 Å². The van der Waals surface area contributed by atoms with Gasteiger partial charge in [-0.3, -0.25) is 4.79 Å². The highest BCUT2D eigenvalue weighted by Gasteiger charge is 2.41. The van der Waals surface area contributed by atoms with Crippen molar-refractivity contribution in [3.05, 3.63) is 0 Å². The van der Waals surface area contributed by atoms with Crippen LogP contribution >= 0.6 is 0 Å². The lowest BCUT2D eigenvalue weighted by atomic mass is 9.81. The molecule has 0 spiro atoms. The van der Waals surface area contributed by atoms with E-state index in [0.717, 1.165) is 24.7 Å². The fourth-order valence-corrected chi connectivity index (χ4v) is 3.29. The van der Waals surface area contributed by atoms with Crippen molar-refractivity contribution in [2.45, 2.75) is 57.9 Å². The molecule has 4 atom stereocenters. The minimum Gasteiger partial charge on any atom is -0.319 e. The number of fused-ring (bicyclic) bond motifs is 2. The number of hydrogen-bond donors (Lipinski definition) is 1. The van der Waals surface area contributed by atoms with Crippen LogP contribution in [-0.4, -0.2) is 11.3 Å². The summed E-state index contributed by atoms with van der Waals surface area (Å²) in [6, 6.07) is 0. The monoisotopic (exact) mass is 209 g/mol. The molecular formula is C13H23NO. The summed E-state index contributed by atoms with van der Waals surface area (Å²) in [5.41, 5.74) is 5.40. The van der Waals surface area contributed by atoms with Crippen LogP contribution in [-0.2, 0) is 4.79 Å². The number of hydrogen-bond acceptors (Lipinski definition) is 2. The van der Waals surface area contributed by atoms with Crippen LogP contribution in [0, 0.1) is 17.8 Å². The largest absolute Gasteiger partial charge is 0.319 e. The van der Waals surface area contributed by atoms with Crippen molar-refractivity contribution in [3.8, 4) is 0 Å². The summed E-state index contributed by atoms with van der Waals surface area (Å²) in [6.07, 6.45) is 6.93. The van der Waals surface area contributed by atoms with Crippen LogP contribution in [0.3, 0.4) is 0 Å². The number of carbonyl (C=O) groups is 1. The molecule has 0 heterocycles. The molecule has 4 unspecified atom stereocenters. The average molecular weight is 209 g/mol. The van der Waals surface area contributed by atoms with E-state index in [1.54, 1.807) is 0 Å². The molecule has 15 heavy (non-hydrogen) atoms. The highest BCUT2D eigenvalue weighted by atomic mass is 16.1. The van der Waals surface area contributed by atoms with E-state index in [4.69, 9.17) is 5.73 Å². The Bertz CT molecular complexity index is 259. The fraction of sp³-hybridized carbons (Fsp3) is 0.923. The normalized spacial score (nSPS) is 37.9. The zero-order valence-electron chi connectivity index (χ0n) is 9.96. The van der Waals surface area contributed by atoms with Crippen LogP contribution in [0.5, 0.6) is 0 Å². The molecule has 0 aromatic heterocycles. The molecule has 0 aliphatic heterocycles. The molecule has 2 fully saturated rings. The Morgan fingerprint density at radius 1 is 1.40 bits per heavy atom. The first kappa shape index (κ1) is 11.1. The maximum absolute atomic E-state index is 12.0. The van der Waals surface area contributed by atoms with E-state index in [1.165, 1.54) is 25.7 Å². The molecule has 2 heteroatoms. The third kappa shape index (κ3) is 2.10. The highest BCUT2D eigenvalue weighted by molar-refractivity contribution is 5.87. The van der Waals surface area contributed by atoms with Crippen LogP contribution in [0.25, 0.3) is 0 Å². The molecule has 0 aromatic carbocycles. The first-order valence-electron chi connectivity index (χ1n) is 6.35. The Balaban J connectivity index is 1.90. The summed E-state index contributed by atoms with van der Waals surface area (Å²) in [5.74, 6) is 2.71. The molecule has 0 amide bonds. The molecular weight excluding hydrogens is 186 g/mol. The van der Waals surface area contributed by atoms with Crippen LogP contribution in [0.1, 0.15) is 52.4 Å². The zero-order chi connectivity index (χ0) is 11.1. The predicted molar refractivity (Wildman–Crippen MR) is 61.4 cm³/mol. The van der Waals surface area contributed by atoms with Crippen LogP contribution in [0.2, 0.25) is 0 Å². The SMILES string of the molecule is CCC(C)(N)C(=O)CC1CC2CCC1C2. The topological polar surface area (TPSA) is 43.1 Å². The molecule has 2 saturated carbocycles. The van der Waals surface area contributed by atoms with Crippen molar-refractivity contribution in [3.63, 3.8) is 0 Å². The van der Waals surface area contributed by atoms with Crippen LogP contribution in [0.15, 0.2) is 0 Å². The summed E-state index contributed by atoms with van der Waals surface area (Å²) < 4.78 is 0. The molecule has 2 aliphatic rings. The van der Waals surface area contributed by atoms with Gasteiger partial charge >= 0.3 is 0 Å². The molecule has 2 aliphatic carbocycles. The van der Waals surface area contributed by atoms with Gasteiger partial charge in [0.25, 0.3) is 0 Å². The van der Waals surface area contributed by atoms with Gasteiger partial charge < -0.3 is 5.73 Å². The van der Waals surface area contributed by atoms with Crippen molar-refractivity contribution in [2.75, 3.05) is 0 Å². The van der Waals surface area contributed by atoms with E-state index in [-0.39, 0.29) is 5.78 Å². The molecule has 2 nitrogen and oxygen atoms in total. The third-order valence-corrected chi connectivity index (χ3v) is 4.70. The van der Waals surface area contributed by atoms with E-state index in [9.17, 15) is 4.79 Å². The van der Waals surface area contributed by atoms with Gasteiger partial charge in [-0.1, -0.05) is 13.3 Å². The number of nitrogens with two attached hydrogens (primary N) is 1. The molecule has 2 N–H and O–H groups in total. The minimum atomic E-state index is -0.582. The number of carbonyl (C=O) groups excluding carboxylic acids is 1. The molecule has 86 valence electrons. The Kier molecular flexibility index (Phi) is 2.89. The Labute approximate surface area is 92.6 Å². The second-order valence-electron chi connectivity index (χ2n) is 5.83. The molecule has 2 rings (SSSR count). The lowest BCUT2D eigenvalue weighted by Gasteiger charge is -2.26. The van der Waals surface area contributed by atoms with Crippen molar-refractivity contribution in [2.24, 2.45) is 23.5 Å². The van der Waals surface area contributed by atoms with E-state index in [0.29, 0.717) is 5.92 Å². The summed E-state index contributed by atoms with van der Waals surface area (Å²) >= 11 is 0. The van der Waals surface area contributed by atoms with Gasteiger partial charge in [-0.05, 0) is 50.4 Å². The standard InChI is InChI=1S/C13H23NO/c1-3-13(2,14)12(15)8-11-7-9-4-5-10(11)6-9/h9-11H,3-8,14H2,1-2H3. The fourth-order valence-electron chi connectivity index (χ4n) is 3.29. The predicted octanol–water partition coefficient (Wildman–Crippen LogP) is 2.51. The second kappa shape index (κ2) is 3.89. The van der Waals surface area contributed by atoms with Gasteiger partial charge in [-0.15, -0.1) is 0 Å². The van der Waals surface area contributed by atoms with Crippen molar-refractivity contribution >= 4 is 5.78 Å². The van der Waals surface area contributed by atoms with Crippen molar-refractivity contribution in [1.29, 1.82) is 0 Å². The maximum Gasteiger partial charge on any atom is 0.152 e. The minimum absolute atomic E-state index is 0.280. The van der Waals surface area contributed by atoms with Gasteiger partial charge in [-0.2, -0.15) is 0 Å².